The minimum absolute atomic E-state index is 0.0910. The molecular weight excluding hydrogens is 360 g/mol. The van der Waals surface area contributed by atoms with E-state index >= 15 is 0 Å². The van der Waals surface area contributed by atoms with Gasteiger partial charge >= 0.3 is 0 Å². The lowest BCUT2D eigenvalue weighted by Gasteiger charge is -2.19. The second-order valence-electron chi connectivity index (χ2n) is 7.45. The first-order valence-electron chi connectivity index (χ1n) is 9.27. The second-order valence-corrected chi connectivity index (χ2v) is 10.1. The van der Waals surface area contributed by atoms with Gasteiger partial charge in [0.25, 0.3) is 5.56 Å². The number of thiophene rings is 1. The molecule has 0 amide bonds. The number of nitrogens with zero attached hydrogens (tertiary/aromatic N) is 2. The lowest BCUT2D eigenvalue weighted by Crippen LogP contribution is -2.23. The molecule has 0 bridgehead atoms. The summed E-state index contributed by atoms with van der Waals surface area (Å²) in [7, 11) is 0. The van der Waals surface area contributed by atoms with Gasteiger partial charge in [0.2, 0.25) is 0 Å². The number of aryl methyl sites for hydroxylation is 2. The van der Waals surface area contributed by atoms with Crippen LogP contribution in [0.3, 0.4) is 0 Å². The number of benzene rings is 1. The van der Waals surface area contributed by atoms with E-state index in [-0.39, 0.29) is 5.56 Å². The smallest absolute Gasteiger partial charge is 0.267 e. The van der Waals surface area contributed by atoms with E-state index in [1.807, 2.05) is 16.7 Å². The van der Waals surface area contributed by atoms with E-state index in [0.717, 1.165) is 33.9 Å². The van der Waals surface area contributed by atoms with E-state index in [4.69, 9.17) is 4.98 Å². The molecule has 5 heteroatoms. The van der Waals surface area contributed by atoms with Crippen LogP contribution < -0.4 is 5.56 Å². The highest BCUT2D eigenvalue weighted by molar-refractivity contribution is 7.99. The minimum Gasteiger partial charge on any atom is -0.268 e. The summed E-state index contributed by atoms with van der Waals surface area (Å²) in [5.41, 5.74) is 3.45. The molecule has 0 spiro atoms. The Balaban J connectivity index is 2.04. The summed E-state index contributed by atoms with van der Waals surface area (Å²) >= 11 is 3.39. The third-order valence-corrected chi connectivity index (χ3v) is 7.09. The van der Waals surface area contributed by atoms with Gasteiger partial charge in [-0.25, -0.2) is 4.98 Å². The van der Waals surface area contributed by atoms with Crippen LogP contribution in [-0.2, 0) is 6.42 Å². The van der Waals surface area contributed by atoms with Crippen LogP contribution in [0.4, 0.5) is 0 Å². The standard InChI is InChI=1S/C21H24N2OS2/c1-12(2)25-21-22-19-18(17-14(4)6-5-7-16(17)26-19)20(24)23(21)15-10-8-13(3)9-11-15/h8-12,14H,5-7H2,1-4H3/t14-/m1/s1. The van der Waals surface area contributed by atoms with Crippen molar-refractivity contribution >= 4 is 33.3 Å². The zero-order chi connectivity index (χ0) is 18.4. The number of hydrogen-bond donors (Lipinski definition) is 0. The number of hydrogen-bond acceptors (Lipinski definition) is 4. The zero-order valence-corrected chi connectivity index (χ0v) is 17.3. The summed E-state index contributed by atoms with van der Waals surface area (Å²) in [5.74, 6) is 0.442. The number of fused-ring (bicyclic) bond motifs is 3. The first-order valence-corrected chi connectivity index (χ1v) is 11.0. The van der Waals surface area contributed by atoms with Crippen molar-refractivity contribution in [3.63, 3.8) is 0 Å². The van der Waals surface area contributed by atoms with E-state index in [1.165, 1.54) is 22.4 Å². The Morgan fingerprint density at radius 3 is 2.69 bits per heavy atom. The molecule has 0 unspecified atom stereocenters. The van der Waals surface area contributed by atoms with Crippen molar-refractivity contribution in [2.24, 2.45) is 0 Å². The van der Waals surface area contributed by atoms with Gasteiger partial charge in [-0.05, 0) is 49.8 Å². The average Bonchev–Trinajstić information content (AvgIpc) is 2.96. The van der Waals surface area contributed by atoms with Gasteiger partial charge in [-0.2, -0.15) is 0 Å². The van der Waals surface area contributed by atoms with Gasteiger partial charge in [0.15, 0.2) is 5.16 Å². The highest BCUT2D eigenvalue weighted by atomic mass is 32.2. The predicted octanol–water partition coefficient (Wildman–Crippen LogP) is 5.70. The second kappa shape index (κ2) is 6.86. The van der Waals surface area contributed by atoms with Crippen molar-refractivity contribution in [3.05, 3.63) is 50.6 Å². The number of rotatable bonds is 3. The lowest BCUT2D eigenvalue weighted by atomic mass is 9.88. The fraction of sp³-hybridized carbons (Fsp3) is 0.429. The van der Waals surface area contributed by atoms with Gasteiger partial charge in [-0.3, -0.25) is 9.36 Å². The van der Waals surface area contributed by atoms with E-state index in [2.05, 4.69) is 39.8 Å². The van der Waals surface area contributed by atoms with Crippen LogP contribution in [0.1, 0.15) is 55.5 Å². The topological polar surface area (TPSA) is 34.9 Å². The Hall–Kier alpha value is -1.59. The summed E-state index contributed by atoms with van der Waals surface area (Å²) in [6.07, 6.45) is 3.45. The Kier molecular flexibility index (Phi) is 4.70. The molecule has 0 fully saturated rings. The molecular formula is C21H24N2OS2. The van der Waals surface area contributed by atoms with Crippen LogP contribution in [0.25, 0.3) is 15.9 Å². The van der Waals surface area contributed by atoms with Crippen molar-refractivity contribution in [1.29, 1.82) is 0 Å². The molecule has 0 N–H and O–H groups in total. The molecule has 4 rings (SSSR count). The SMILES string of the molecule is Cc1ccc(-n2c(SC(C)C)nc3sc4c(c3c2=O)[C@H](C)CCC4)cc1. The summed E-state index contributed by atoms with van der Waals surface area (Å²) in [4.78, 5) is 20.9. The summed E-state index contributed by atoms with van der Waals surface area (Å²) in [6, 6.07) is 8.16. The highest BCUT2D eigenvalue weighted by Crippen LogP contribution is 2.41. The molecule has 0 saturated heterocycles. The summed E-state index contributed by atoms with van der Waals surface area (Å²) in [6.45, 7) is 8.59. The van der Waals surface area contributed by atoms with Crippen LogP contribution in [-0.4, -0.2) is 14.8 Å². The van der Waals surface area contributed by atoms with Crippen LogP contribution >= 0.6 is 23.1 Å². The fourth-order valence-corrected chi connectivity index (χ4v) is 5.97. The minimum atomic E-state index is 0.0910. The largest absolute Gasteiger partial charge is 0.268 e. The molecule has 0 saturated carbocycles. The Bertz CT molecular complexity index is 1020. The van der Waals surface area contributed by atoms with Crippen molar-refractivity contribution in [2.45, 2.75) is 63.3 Å². The molecule has 0 aliphatic heterocycles. The van der Waals surface area contributed by atoms with E-state index < -0.39 is 0 Å². The Morgan fingerprint density at radius 1 is 1.27 bits per heavy atom. The molecule has 0 radical (unpaired) electrons. The molecule has 1 aromatic carbocycles. The van der Waals surface area contributed by atoms with Gasteiger partial charge < -0.3 is 0 Å². The monoisotopic (exact) mass is 384 g/mol. The van der Waals surface area contributed by atoms with Gasteiger partial charge in [-0.1, -0.05) is 50.2 Å². The molecule has 1 aliphatic carbocycles. The molecule has 26 heavy (non-hydrogen) atoms. The Labute approximate surface area is 162 Å². The van der Waals surface area contributed by atoms with Crippen molar-refractivity contribution in [3.8, 4) is 5.69 Å². The Morgan fingerprint density at radius 2 is 2.00 bits per heavy atom. The molecule has 136 valence electrons. The lowest BCUT2D eigenvalue weighted by molar-refractivity contribution is 0.601. The molecule has 2 heterocycles. The van der Waals surface area contributed by atoms with Crippen LogP contribution in [0.15, 0.2) is 34.2 Å². The molecule has 3 aromatic rings. The van der Waals surface area contributed by atoms with Crippen molar-refractivity contribution in [1.82, 2.24) is 9.55 Å². The average molecular weight is 385 g/mol. The van der Waals surface area contributed by atoms with E-state index in [9.17, 15) is 4.79 Å². The van der Waals surface area contributed by atoms with Gasteiger partial charge in [0.1, 0.15) is 4.83 Å². The van der Waals surface area contributed by atoms with Crippen LogP contribution in [0, 0.1) is 6.92 Å². The maximum atomic E-state index is 13.6. The van der Waals surface area contributed by atoms with Crippen LogP contribution in [0.5, 0.6) is 0 Å². The van der Waals surface area contributed by atoms with Gasteiger partial charge in [0, 0.05) is 10.1 Å². The molecule has 2 aromatic heterocycles. The maximum Gasteiger partial charge on any atom is 0.267 e. The first-order chi connectivity index (χ1) is 12.5. The predicted molar refractivity (Wildman–Crippen MR) is 112 cm³/mol. The maximum absolute atomic E-state index is 13.6. The number of aromatic nitrogens is 2. The third kappa shape index (κ3) is 3.01. The quantitative estimate of drug-likeness (QED) is 0.429. The fourth-order valence-electron chi connectivity index (χ4n) is 3.73. The van der Waals surface area contributed by atoms with Crippen LogP contribution in [0.2, 0.25) is 0 Å². The molecule has 1 aliphatic rings. The first kappa shape index (κ1) is 17.8. The third-order valence-electron chi connectivity index (χ3n) is 4.98. The number of thioether (sulfide) groups is 1. The summed E-state index contributed by atoms with van der Waals surface area (Å²) < 4.78 is 1.82. The van der Waals surface area contributed by atoms with E-state index in [1.54, 1.807) is 23.1 Å². The molecule has 1 atom stereocenters. The molecule has 3 nitrogen and oxygen atoms in total. The highest BCUT2D eigenvalue weighted by Gasteiger charge is 2.26. The van der Waals surface area contributed by atoms with Gasteiger partial charge in [-0.15, -0.1) is 11.3 Å². The van der Waals surface area contributed by atoms with Crippen molar-refractivity contribution in [2.75, 3.05) is 0 Å². The van der Waals surface area contributed by atoms with Crippen molar-refractivity contribution < 1.29 is 0 Å². The zero-order valence-electron chi connectivity index (χ0n) is 15.7. The summed E-state index contributed by atoms with van der Waals surface area (Å²) in [5, 5.41) is 2.02. The van der Waals surface area contributed by atoms with Gasteiger partial charge in [0.05, 0.1) is 11.1 Å². The van der Waals surface area contributed by atoms with E-state index in [0.29, 0.717) is 11.2 Å². The normalized spacial score (nSPS) is 17.0.